The van der Waals surface area contributed by atoms with Crippen LogP contribution in [0, 0.1) is 0 Å². The first-order valence-corrected chi connectivity index (χ1v) is 6.03. The lowest BCUT2D eigenvalue weighted by molar-refractivity contribution is 0.413. The maximum absolute atomic E-state index is 5.16. The molecule has 1 aromatic carbocycles. The number of methoxy groups -OCH3 is 1. The van der Waals surface area contributed by atoms with Gasteiger partial charge in [-0.3, -0.25) is 4.98 Å². The minimum absolute atomic E-state index is 0.767. The lowest BCUT2D eigenvalue weighted by Gasteiger charge is -2.17. The molecule has 0 bridgehead atoms. The predicted molar refractivity (Wildman–Crippen MR) is 71.5 cm³/mol. The highest BCUT2D eigenvalue weighted by Gasteiger charge is 2.04. The molecule has 0 aliphatic heterocycles. The Labute approximate surface area is 106 Å². The molecule has 0 atom stereocenters. The quantitative estimate of drug-likeness (QED) is 0.773. The van der Waals surface area contributed by atoms with E-state index in [1.54, 1.807) is 25.3 Å². The summed E-state index contributed by atoms with van der Waals surface area (Å²) >= 11 is 1.65. The van der Waals surface area contributed by atoms with E-state index in [9.17, 15) is 0 Å². The molecule has 2 rings (SSSR count). The van der Waals surface area contributed by atoms with Gasteiger partial charge in [0.1, 0.15) is 5.75 Å². The number of rotatable bonds is 4. The van der Waals surface area contributed by atoms with E-state index in [0.717, 1.165) is 11.4 Å². The van der Waals surface area contributed by atoms with Gasteiger partial charge < -0.3 is 9.04 Å². The van der Waals surface area contributed by atoms with E-state index >= 15 is 0 Å². The first kappa shape index (κ1) is 11.8. The number of hydrogen-bond acceptors (Lipinski definition) is 4. The van der Waals surface area contributed by atoms with Crippen molar-refractivity contribution in [3.63, 3.8) is 0 Å². The highest BCUT2D eigenvalue weighted by atomic mass is 32.2. The molecule has 1 heterocycles. The topological polar surface area (TPSA) is 25.4 Å². The normalized spacial score (nSPS) is 10.0. The third-order valence-corrected chi connectivity index (χ3v) is 3.25. The standard InChI is InChI=1S/C13H14N2OS/c1-15(17-13-6-4-3-5-7-13)11-8-12(16-2)10-14-9-11/h3-10H,1-2H3. The number of ether oxygens (including phenoxy) is 1. The summed E-state index contributed by atoms with van der Waals surface area (Å²) in [5.74, 6) is 0.767. The van der Waals surface area contributed by atoms with Crippen LogP contribution in [0.2, 0.25) is 0 Å². The molecule has 0 saturated carbocycles. The van der Waals surface area contributed by atoms with Gasteiger partial charge in [0.05, 0.1) is 25.2 Å². The van der Waals surface area contributed by atoms with Crippen molar-refractivity contribution < 1.29 is 4.74 Å². The summed E-state index contributed by atoms with van der Waals surface area (Å²) in [7, 11) is 3.65. The highest BCUT2D eigenvalue weighted by molar-refractivity contribution is 8.00. The molecule has 3 nitrogen and oxygen atoms in total. The van der Waals surface area contributed by atoms with Crippen LogP contribution in [-0.4, -0.2) is 19.1 Å². The number of aromatic nitrogens is 1. The summed E-state index contributed by atoms with van der Waals surface area (Å²) in [4.78, 5) is 5.33. The molecule has 0 spiro atoms. The van der Waals surface area contributed by atoms with Crippen LogP contribution < -0.4 is 9.04 Å². The fourth-order valence-electron chi connectivity index (χ4n) is 1.38. The second kappa shape index (κ2) is 5.59. The third-order valence-electron chi connectivity index (χ3n) is 2.28. The Morgan fingerprint density at radius 1 is 1.18 bits per heavy atom. The van der Waals surface area contributed by atoms with Gasteiger partial charge in [-0.15, -0.1) is 0 Å². The lowest BCUT2D eigenvalue weighted by atomic mass is 10.4. The number of nitrogens with zero attached hydrogens (tertiary/aromatic N) is 2. The van der Waals surface area contributed by atoms with Crippen molar-refractivity contribution in [2.75, 3.05) is 18.5 Å². The van der Waals surface area contributed by atoms with Gasteiger partial charge >= 0.3 is 0 Å². The molecule has 0 aliphatic rings. The van der Waals surface area contributed by atoms with E-state index < -0.39 is 0 Å². The number of anilines is 1. The van der Waals surface area contributed by atoms with E-state index in [1.165, 1.54) is 4.90 Å². The van der Waals surface area contributed by atoms with Gasteiger partial charge in [-0.1, -0.05) is 18.2 Å². The zero-order valence-corrected chi connectivity index (χ0v) is 10.6. The molecule has 0 fully saturated rings. The first-order valence-electron chi connectivity index (χ1n) is 5.25. The largest absolute Gasteiger partial charge is 0.495 e. The van der Waals surface area contributed by atoms with Crippen LogP contribution in [0.4, 0.5) is 5.69 Å². The Balaban J connectivity index is 2.11. The van der Waals surface area contributed by atoms with Crippen LogP contribution in [-0.2, 0) is 0 Å². The number of hydrogen-bond donors (Lipinski definition) is 0. The Hall–Kier alpha value is -1.68. The molecule has 4 heteroatoms. The molecular weight excluding hydrogens is 232 g/mol. The van der Waals surface area contributed by atoms with Crippen molar-refractivity contribution >= 4 is 17.6 Å². The molecule has 0 amide bonds. The Kier molecular flexibility index (Phi) is 3.88. The molecule has 0 unspecified atom stereocenters. The lowest BCUT2D eigenvalue weighted by Crippen LogP contribution is -2.06. The van der Waals surface area contributed by atoms with Crippen molar-refractivity contribution in [3.8, 4) is 5.75 Å². The van der Waals surface area contributed by atoms with Gasteiger partial charge in [0.25, 0.3) is 0 Å². The Morgan fingerprint density at radius 2 is 1.94 bits per heavy atom. The maximum Gasteiger partial charge on any atom is 0.139 e. The van der Waals surface area contributed by atoms with E-state index in [2.05, 4.69) is 21.4 Å². The third kappa shape index (κ3) is 3.14. The fraction of sp³-hybridized carbons (Fsp3) is 0.154. The van der Waals surface area contributed by atoms with Crippen molar-refractivity contribution in [2.45, 2.75) is 4.90 Å². The van der Waals surface area contributed by atoms with Gasteiger partial charge in [0.2, 0.25) is 0 Å². The van der Waals surface area contributed by atoms with Crippen LogP contribution in [0.15, 0.2) is 53.7 Å². The smallest absolute Gasteiger partial charge is 0.139 e. The summed E-state index contributed by atoms with van der Waals surface area (Å²) in [6, 6.07) is 12.2. The fourth-order valence-corrected chi connectivity index (χ4v) is 2.18. The second-order valence-corrected chi connectivity index (χ2v) is 4.69. The van der Waals surface area contributed by atoms with E-state index in [1.807, 2.05) is 37.5 Å². The molecule has 1 aromatic heterocycles. The number of pyridine rings is 1. The maximum atomic E-state index is 5.16. The predicted octanol–water partition coefficient (Wildman–Crippen LogP) is 3.23. The van der Waals surface area contributed by atoms with E-state index in [-0.39, 0.29) is 0 Å². The van der Waals surface area contributed by atoms with Crippen LogP contribution in [0.1, 0.15) is 0 Å². The van der Waals surface area contributed by atoms with Gasteiger partial charge in [0.15, 0.2) is 0 Å². The summed E-state index contributed by atoms with van der Waals surface area (Å²) in [5, 5.41) is 0. The molecule has 0 saturated heterocycles. The second-order valence-electron chi connectivity index (χ2n) is 3.48. The van der Waals surface area contributed by atoms with Gasteiger partial charge in [-0.2, -0.15) is 0 Å². The Bertz CT molecular complexity index is 476. The van der Waals surface area contributed by atoms with E-state index in [4.69, 9.17) is 4.74 Å². The Morgan fingerprint density at radius 3 is 2.65 bits per heavy atom. The molecular formula is C13H14N2OS. The molecule has 0 radical (unpaired) electrons. The van der Waals surface area contributed by atoms with Crippen molar-refractivity contribution in [2.24, 2.45) is 0 Å². The summed E-state index contributed by atoms with van der Waals surface area (Å²) in [5.41, 5.74) is 1.01. The average molecular weight is 246 g/mol. The van der Waals surface area contributed by atoms with Crippen LogP contribution >= 0.6 is 11.9 Å². The zero-order valence-electron chi connectivity index (χ0n) is 9.83. The van der Waals surface area contributed by atoms with Crippen molar-refractivity contribution in [3.05, 3.63) is 48.8 Å². The van der Waals surface area contributed by atoms with Crippen molar-refractivity contribution in [1.29, 1.82) is 0 Å². The van der Waals surface area contributed by atoms with Crippen molar-refractivity contribution in [1.82, 2.24) is 4.98 Å². The molecule has 0 aliphatic carbocycles. The summed E-state index contributed by atoms with van der Waals surface area (Å²) in [6.07, 6.45) is 3.52. The molecule has 2 aromatic rings. The SMILES string of the molecule is COc1cncc(N(C)Sc2ccccc2)c1. The summed E-state index contributed by atoms with van der Waals surface area (Å²) in [6.45, 7) is 0. The highest BCUT2D eigenvalue weighted by Crippen LogP contribution is 2.28. The van der Waals surface area contributed by atoms with Gasteiger partial charge in [-0.05, 0) is 24.1 Å². The van der Waals surface area contributed by atoms with Crippen LogP contribution in [0.25, 0.3) is 0 Å². The average Bonchev–Trinajstić information content (AvgIpc) is 2.40. The molecule has 0 N–H and O–H groups in total. The minimum Gasteiger partial charge on any atom is -0.495 e. The van der Waals surface area contributed by atoms with Crippen LogP contribution in [0.5, 0.6) is 5.75 Å². The molecule has 17 heavy (non-hydrogen) atoms. The van der Waals surface area contributed by atoms with E-state index in [0.29, 0.717) is 0 Å². The zero-order chi connectivity index (χ0) is 12.1. The van der Waals surface area contributed by atoms with Gasteiger partial charge in [-0.25, -0.2) is 0 Å². The monoisotopic (exact) mass is 246 g/mol. The van der Waals surface area contributed by atoms with Gasteiger partial charge in [0, 0.05) is 18.0 Å². The first-order chi connectivity index (χ1) is 8.29. The number of benzene rings is 1. The summed E-state index contributed by atoms with van der Waals surface area (Å²) < 4.78 is 7.22. The van der Waals surface area contributed by atoms with Crippen LogP contribution in [0.3, 0.4) is 0 Å². The molecule has 88 valence electrons. The minimum atomic E-state index is 0.767.